The summed E-state index contributed by atoms with van der Waals surface area (Å²) in [5.41, 5.74) is 0. The number of aliphatic hydroxyl groups excluding tert-OH is 1. The second-order valence-electron chi connectivity index (χ2n) is 2.74. The molecule has 54 valence electrons. The lowest BCUT2D eigenvalue weighted by atomic mass is 10.2. The first-order chi connectivity index (χ1) is 4.31. The highest BCUT2D eigenvalue weighted by Crippen LogP contribution is 2.44. The molecule has 3 atom stereocenters. The molecule has 1 nitrogen and oxygen atoms in total. The van der Waals surface area contributed by atoms with E-state index in [0.29, 0.717) is 0 Å². The minimum Gasteiger partial charge on any atom is -0.396 e. The molecule has 0 spiro atoms. The summed E-state index contributed by atoms with van der Waals surface area (Å²) in [6, 6.07) is 0. The zero-order valence-electron chi connectivity index (χ0n) is 5.68. The van der Waals surface area contributed by atoms with Crippen LogP contribution in [0.4, 0.5) is 4.39 Å². The van der Waals surface area contributed by atoms with Gasteiger partial charge in [0.25, 0.3) is 0 Å². The number of hydrogen-bond acceptors (Lipinski definition) is 1. The van der Waals surface area contributed by atoms with E-state index in [1.165, 1.54) is 0 Å². The van der Waals surface area contributed by atoms with E-state index in [-0.39, 0.29) is 18.4 Å². The van der Waals surface area contributed by atoms with E-state index in [2.05, 4.69) is 0 Å². The molecule has 0 saturated heterocycles. The first-order valence-corrected chi connectivity index (χ1v) is 3.56. The van der Waals surface area contributed by atoms with Gasteiger partial charge in [-0.05, 0) is 12.3 Å². The Morgan fingerprint density at radius 2 is 2.11 bits per heavy atom. The van der Waals surface area contributed by atoms with Crippen LogP contribution >= 0.6 is 0 Å². The van der Waals surface area contributed by atoms with Crippen molar-refractivity contribution >= 4 is 0 Å². The Morgan fingerprint density at radius 3 is 2.44 bits per heavy atom. The maximum Gasteiger partial charge on any atom is 0.109 e. The van der Waals surface area contributed by atoms with Crippen LogP contribution in [-0.4, -0.2) is 17.9 Å². The molecule has 0 heterocycles. The van der Waals surface area contributed by atoms with Crippen LogP contribution in [0.25, 0.3) is 0 Å². The highest BCUT2D eigenvalue weighted by atomic mass is 19.1. The minimum atomic E-state index is -0.699. The van der Waals surface area contributed by atoms with Crippen molar-refractivity contribution in [2.24, 2.45) is 11.8 Å². The van der Waals surface area contributed by atoms with Crippen molar-refractivity contribution in [3.63, 3.8) is 0 Å². The van der Waals surface area contributed by atoms with Crippen LogP contribution in [0, 0.1) is 11.8 Å². The van der Waals surface area contributed by atoms with Gasteiger partial charge in [-0.3, -0.25) is 0 Å². The lowest BCUT2D eigenvalue weighted by molar-refractivity contribution is 0.255. The van der Waals surface area contributed by atoms with Gasteiger partial charge in [0.05, 0.1) is 0 Å². The van der Waals surface area contributed by atoms with Gasteiger partial charge >= 0.3 is 0 Å². The van der Waals surface area contributed by atoms with Gasteiger partial charge in [0.1, 0.15) is 6.17 Å². The lowest BCUT2D eigenvalue weighted by Gasteiger charge is -1.88. The third-order valence-corrected chi connectivity index (χ3v) is 2.06. The van der Waals surface area contributed by atoms with Crippen molar-refractivity contribution in [3.05, 3.63) is 0 Å². The monoisotopic (exact) mass is 132 g/mol. The zero-order chi connectivity index (χ0) is 6.85. The van der Waals surface area contributed by atoms with Crippen molar-refractivity contribution < 1.29 is 9.50 Å². The predicted octanol–water partition coefficient (Wildman–Crippen LogP) is 1.36. The normalized spacial score (nSPS) is 41.0. The molecule has 1 saturated carbocycles. The maximum atomic E-state index is 12.5. The largest absolute Gasteiger partial charge is 0.396 e. The zero-order valence-corrected chi connectivity index (χ0v) is 5.68. The molecule has 1 N–H and O–H groups in total. The molecule has 0 unspecified atom stereocenters. The third-order valence-electron chi connectivity index (χ3n) is 2.06. The Balaban J connectivity index is 2.17. The summed E-state index contributed by atoms with van der Waals surface area (Å²) in [6.45, 7) is 2.07. The summed E-state index contributed by atoms with van der Waals surface area (Å²) in [4.78, 5) is 0. The first-order valence-electron chi connectivity index (χ1n) is 3.56. The molecular formula is C7H13FO. The standard InChI is InChI=1S/C7H13FO/c1-2-3-5-6(4-9)7(5)8/h5-7,9H,2-4H2,1H3/t5-,6-,7-/m1/s1. The Bertz CT molecular complexity index is 94.9. The highest BCUT2D eigenvalue weighted by Gasteiger charge is 2.49. The molecule has 0 aliphatic heterocycles. The Hall–Kier alpha value is -0.110. The highest BCUT2D eigenvalue weighted by molar-refractivity contribution is 4.96. The van der Waals surface area contributed by atoms with E-state index in [1.54, 1.807) is 0 Å². The summed E-state index contributed by atoms with van der Waals surface area (Å²) >= 11 is 0. The van der Waals surface area contributed by atoms with Crippen LogP contribution in [0.3, 0.4) is 0 Å². The fourth-order valence-corrected chi connectivity index (χ4v) is 1.34. The second-order valence-corrected chi connectivity index (χ2v) is 2.74. The number of alkyl halides is 1. The van der Waals surface area contributed by atoms with Crippen molar-refractivity contribution in [1.29, 1.82) is 0 Å². The quantitative estimate of drug-likeness (QED) is 0.614. The Labute approximate surface area is 54.9 Å². The van der Waals surface area contributed by atoms with Crippen molar-refractivity contribution in [2.75, 3.05) is 6.61 Å². The average molecular weight is 132 g/mol. The maximum absolute atomic E-state index is 12.5. The van der Waals surface area contributed by atoms with Crippen molar-refractivity contribution in [3.8, 4) is 0 Å². The third kappa shape index (κ3) is 1.23. The van der Waals surface area contributed by atoms with E-state index >= 15 is 0 Å². The fraction of sp³-hybridized carbons (Fsp3) is 1.00. The molecule has 9 heavy (non-hydrogen) atoms. The van der Waals surface area contributed by atoms with Crippen LogP contribution < -0.4 is 0 Å². The minimum absolute atomic E-state index is 0.0232. The molecule has 1 aliphatic carbocycles. The molecule has 1 aliphatic rings. The number of halogens is 1. The van der Waals surface area contributed by atoms with Gasteiger partial charge in [-0.15, -0.1) is 0 Å². The number of aliphatic hydroxyl groups is 1. The Morgan fingerprint density at radius 1 is 1.44 bits per heavy atom. The van der Waals surface area contributed by atoms with Gasteiger partial charge in [-0.1, -0.05) is 13.3 Å². The van der Waals surface area contributed by atoms with Crippen LogP contribution in [0.2, 0.25) is 0 Å². The van der Waals surface area contributed by atoms with Crippen LogP contribution in [0.5, 0.6) is 0 Å². The average Bonchev–Trinajstić information content (AvgIpc) is 2.44. The first kappa shape index (κ1) is 7.00. The molecule has 0 radical (unpaired) electrons. The lowest BCUT2D eigenvalue weighted by Crippen LogP contribution is -1.88. The van der Waals surface area contributed by atoms with E-state index in [0.717, 1.165) is 12.8 Å². The Kier molecular flexibility index (Phi) is 2.06. The van der Waals surface area contributed by atoms with E-state index in [9.17, 15) is 4.39 Å². The molecule has 0 aromatic heterocycles. The molecular weight excluding hydrogens is 119 g/mol. The summed E-state index contributed by atoms with van der Waals surface area (Å²) < 4.78 is 12.5. The number of hydrogen-bond donors (Lipinski definition) is 1. The second kappa shape index (κ2) is 2.65. The van der Waals surface area contributed by atoms with Crippen molar-refractivity contribution in [2.45, 2.75) is 25.9 Å². The van der Waals surface area contributed by atoms with E-state index < -0.39 is 6.17 Å². The molecule has 1 rings (SSSR count). The SMILES string of the molecule is CCC[C@H]1[C@@H](F)[C@@H]1CO. The van der Waals surface area contributed by atoms with Crippen LogP contribution in [0.1, 0.15) is 19.8 Å². The molecule has 0 bridgehead atoms. The molecule has 0 aromatic carbocycles. The summed E-state index contributed by atoms with van der Waals surface area (Å²) in [7, 11) is 0. The smallest absolute Gasteiger partial charge is 0.109 e. The predicted molar refractivity (Wildman–Crippen MR) is 33.9 cm³/mol. The van der Waals surface area contributed by atoms with E-state index in [4.69, 9.17) is 5.11 Å². The van der Waals surface area contributed by atoms with E-state index in [1.807, 2.05) is 6.92 Å². The van der Waals surface area contributed by atoms with Crippen LogP contribution in [-0.2, 0) is 0 Å². The molecule has 0 aromatic rings. The van der Waals surface area contributed by atoms with Gasteiger partial charge in [0, 0.05) is 12.5 Å². The molecule has 1 fully saturated rings. The van der Waals surface area contributed by atoms with Gasteiger partial charge in [-0.2, -0.15) is 0 Å². The van der Waals surface area contributed by atoms with Gasteiger partial charge < -0.3 is 5.11 Å². The molecule has 2 heteroatoms. The fourth-order valence-electron chi connectivity index (χ4n) is 1.34. The van der Waals surface area contributed by atoms with Crippen molar-refractivity contribution in [1.82, 2.24) is 0 Å². The number of rotatable bonds is 3. The van der Waals surface area contributed by atoms with Gasteiger partial charge in [0.15, 0.2) is 0 Å². The summed E-state index contributed by atoms with van der Waals surface area (Å²) in [5.74, 6) is 0.157. The molecule has 0 amide bonds. The summed E-state index contributed by atoms with van der Waals surface area (Å²) in [5, 5.41) is 8.53. The van der Waals surface area contributed by atoms with Crippen LogP contribution in [0.15, 0.2) is 0 Å². The topological polar surface area (TPSA) is 20.2 Å². The van der Waals surface area contributed by atoms with Gasteiger partial charge in [0.2, 0.25) is 0 Å². The summed E-state index contributed by atoms with van der Waals surface area (Å²) in [6.07, 6.45) is 1.27. The van der Waals surface area contributed by atoms with Gasteiger partial charge in [-0.25, -0.2) is 4.39 Å².